The van der Waals surface area contributed by atoms with Gasteiger partial charge in [-0.1, -0.05) is 24.6 Å². The summed E-state index contributed by atoms with van der Waals surface area (Å²) in [6.07, 6.45) is 3.04. The van der Waals surface area contributed by atoms with Gasteiger partial charge >= 0.3 is 5.69 Å². The third-order valence-corrected chi connectivity index (χ3v) is 6.82. The molecule has 0 bridgehead atoms. The van der Waals surface area contributed by atoms with E-state index in [4.69, 9.17) is 0 Å². The van der Waals surface area contributed by atoms with Crippen molar-refractivity contribution >= 4 is 22.7 Å². The summed E-state index contributed by atoms with van der Waals surface area (Å²) in [6.45, 7) is 2.09. The predicted octanol–water partition coefficient (Wildman–Crippen LogP) is 1.96. The molecule has 8 nitrogen and oxygen atoms in total. The Labute approximate surface area is 194 Å². The van der Waals surface area contributed by atoms with Crippen LogP contribution in [-0.4, -0.2) is 57.3 Å². The average Bonchev–Trinajstić information content (AvgIpc) is 2.80. The molecule has 1 aromatic heterocycles. The number of aromatic nitrogens is 2. The lowest BCUT2D eigenvalue weighted by Crippen LogP contribution is -2.52. The normalized spacial score (nSPS) is 16.5. The number of halogens is 1. The second-order valence-corrected chi connectivity index (χ2v) is 8.93. The van der Waals surface area contributed by atoms with Crippen molar-refractivity contribution < 1.29 is 14.0 Å². The molecule has 2 aromatic carbocycles. The van der Waals surface area contributed by atoms with Crippen molar-refractivity contribution in [2.24, 2.45) is 5.92 Å². The number of benzene rings is 2. The maximum atomic E-state index is 14.2. The Balaban J connectivity index is 1.33. The minimum atomic E-state index is -0.770. The number of piperazine rings is 1. The van der Waals surface area contributed by atoms with E-state index in [1.165, 1.54) is 22.8 Å². The lowest BCUT2D eigenvalue weighted by atomic mass is 9.84. The number of H-pyrrole nitrogens is 1. The molecule has 2 aliphatic rings. The molecular formula is C25H25FN4O4. The average molecular weight is 464 g/mol. The molecule has 1 N–H and O–H groups in total. The van der Waals surface area contributed by atoms with Crippen LogP contribution in [0.1, 0.15) is 35.2 Å². The first-order valence-corrected chi connectivity index (χ1v) is 11.5. The Morgan fingerprint density at radius 1 is 0.971 bits per heavy atom. The second-order valence-electron chi connectivity index (χ2n) is 8.93. The molecule has 5 rings (SSSR count). The summed E-state index contributed by atoms with van der Waals surface area (Å²) < 4.78 is 15.5. The Morgan fingerprint density at radius 3 is 2.38 bits per heavy atom. The number of amides is 2. The molecule has 0 spiro atoms. The summed E-state index contributed by atoms with van der Waals surface area (Å²) in [5.41, 5.74) is -0.0772. The van der Waals surface area contributed by atoms with Crippen molar-refractivity contribution in [3.63, 3.8) is 0 Å². The number of rotatable bonds is 4. The quantitative estimate of drug-likeness (QED) is 0.639. The first kappa shape index (κ1) is 22.1. The topological polar surface area (TPSA) is 95.5 Å². The zero-order chi connectivity index (χ0) is 23.8. The van der Waals surface area contributed by atoms with Crippen LogP contribution in [0.2, 0.25) is 0 Å². The molecule has 0 atom stereocenters. The number of nitrogens with one attached hydrogen (secondary N) is 1. The van der Waals surface area contributed by atoms with Crippen LogP contribution in [0, 0.1) is 11.7 Å². The van der Waals surface area contributed by atoms with Crippen molar-refractivity contribution in [2.45, 2.75) is 25.8 Å². The lowest BCUT2D eigenvalue weighted by molar-refractivity contribution is -0.139. The summed E-state index contributed by atoms with van der Waals surface area (Å²) in [6, 6.07) is 11.1. The highest BCUT2D eigenvalue weighted by atomic mass is 19.1. The minimum absolute atomic E-state index is 0.0698. The summed E-state index contributed by atoms with van der Waals surface area (Å²) in [5, 5.41) is -0.177. The first-order valence-electron chi connectivity index (χ1n) is 11.5. The fourth-order valence-corrected chi connectivity index (χ4v) is 4.67. The molecule has 1 saturated carbocycles. The molecule has 34 heavy (non-hydrogen) atoms. The Morgan fingerprint density at radius 2 is 1.68 bits per heavy atom. The van der Waals surface area contributed by atoms with Crippen molar-refractivity contribution in [3.8, 4) is 0 Å². The molecule has 0 radical (unpaired) electrons. The highest BCUT2D eigenvalue weighted by molar-refractivity contribution is 5.94. The van der Waals surface area contributed by atoms with Crippen LogP contribution in [0.3, 0.4) is 0 Å². The molecular weight excluding hydrogens is 439 g/mol. The fourth-order valence-electron chi connectivity index (χ4n) is 4.67. The van der Waals surface area contributed by atoms with Gasteiger partial charge in [-0.05, 0) is 42.7 Å². The van der Waals surface area contributed by atoms with Gasteiger partial charge in [0.2, 0.25) is 5.91 Å². The van der Waals surface area contributed by atoms with Gasteiger partial charge in [0.15, 0.2) is 0 Å². The first-order chi connectivity index (χ1) is 16.4. The fraction of sp³-hybridized carbons (Fsp3) is 0.360. The van der Waals surface area contributed by atoms with E-state index in [2.05, 4.69) is 4.98 Å². The molecule has 1 aliphatic carbocycles. The third-order valence-electron chi connectivity index (χ3n) is 6.82. The van der Waals surface area contributed by atoms with Crippen molar-refractivity contribution in [1.29, 1.82) is 0 Å². The molecule has 176 valence electrons. The molecule has 2 heterocycles. The number of aromatic amines is 1. The maximum absolute atomic E-state index is 14.2. The molecule has 1 saturated heterocycles. The zero-order valence-electron chi connectivity index (χ0n) is 18.6. The maximum Gasteiger partial charge on any atom is 0.329 e. The predicted molar refractivity (Wildman–Crippen MR) is 124 cm³/mol. The van der Waals surface area contributed by atoms with E-state index >= 15 is 0 Å². The number of carbonyl (C=O) groups excluding carboxylic acids is 2. The molecule has 3 aromatic rings. The van der Waals surface area contributed by atoms with E-state index < -0.39 is 17.1 Å². The minimum Gasteiger partial charge on any atom is -0.339 e. The van der Waals surface area contributed by atoms with E-state index in [1.807, 2.05) is 4.90 Å². The van der Waals surface area contributed by atoms with Crippen LogP contribution in [0.15, 0.2) is 52.1 Å². The van der Waals surface area contributed by atoms with Crippen LogP contribution in [-0.2, 0) is 11.3 Å². The van der Waals surface area contributed by atoms with Gasteiger partial charge in [-0.25, -0.2) is 9.18 Å². The Hall–Kier alpha value is -3.75. The van der Waals surface area contributed by atoms with E-state index in [0.29, 0.717) is 37.3 Å². The number of fused-ring (bicyclic) bond motifs is 1. The van der Waals surface area contributed by atoms with Crippen LogP contribution in [0.25, 0.3) is 10.9 Å². The standard InChI is InChI=1S/C25H25FN4O4/c26-19-8-3-9-20-21(19)22(31)27-25(34)30(20)15-16-4-1-7-18(14-16)24(33)29-12-10-28(11-13-29)23(32)17-5-2-6-17/h1,3-4,7-9,14,17H,2,5-6,10-13,15H2,(H,27,31,34). The number of nitrogens with zero attached hydrogens (tertiary/aromatic N) is 3. The van der Waals surface area contributed by atoms with Crippen LogP contribution >= 0.6 is 0 Å². The number of hydrogen-bond donors (Lipinski definition) is 1. The van der Waals surface area contributed by atoms with Gasteiger partial charge < -0.3 is 9.80 Å². The smallest absolute Gasteiger partial charge is 0.329 e. The molecule has 2 fully saturated rings. The largest absolute Gasteiger partial charge is 0.339 e. The van der Waals surface area contributed by atoms with Gasteiger partial charge in [-0.15, -0.1) is 0 Å². The SMILES string of the molecule is O=C(c1cccc(Cn2c(=O)[nH]c(=O)c3c(F)cccc32)c1)N1CCN(C(=O)C2CCC2)CC1. The van der Waals surface area contributed by atoms with Gasteiger partial charge in [0.05, 0.1) is 17.4 Å². The highest BCUT2D eigenvalue weighted by Crippen LogP contribution is 2.28. The van der Waals surface area contributed by atoms with Gasteiger partial charge in [0.25, 0.3) is 11.5 Å². The third kappa shape index (κ3) is 4.02. The summed E-state index contributed by atoms with van der Waals surface area (Å²) in [5.74, 6) is -0.483. The van der Waals surface area contributed by atoms with Crippen molar-refractivity contribution in [2.75, 3.05) is 26.2 Å². The summed E-state index contributed by atoms with van der Waals surface area (Å²) in [4.78, 5) is 55.9. The van der Waals surface area contributed by atoms with E-state index in [0.717, 1.165) is 19.3 Å². The van der Waals surface area contributed by atoms with Gasteiger partial charge in [-0.2, -0.15) is 0 Å². The number of carbonyl (C=O) groups is 2. The molecule has 1 aliphatic heterocycles. The van der Waals surface area contributed by atoms with Crippen molar-refractivity contribution in [1.82, 2.24) is 19.4 Å². The van der Waals surface area contributed by atoms with Crippen molar-refractivity contribution in [3.05, 3.63) is 80.2 Å². The van der Waals surface area contributed by atoms with Gasteiger partial charge in [0.1, 0.15) is 5.82 Å². The summed E-state index contributed by atoms with van der Waals surface area (Å²) >= 11 is 0. The highest BCUT2D eigenvalue weighted by Gasteiger charge is 2.32. The van der Waals surface area contributed by atoms with Gasteiger partial charge in [-0.3, -0.25) is 23.9 Å². The summed E-state index contributed by atoms with van der Waals surface area (Å²) in [7, 11) is 0. The lowest BCUT2D eigenvalue weighted by Gasteiger charge is -2.38. The monoisotopic (exact) mass is 464 g/mol. The molecule has 9 heteroatoms. The Kier molecular flexibility index (Phi) is 5.77. The van der Waals surface area contributed by atoms with Crippen LogP contribution < -0.4 is 11.2 Å². The zero-order valence-corrected chi connectivity index (χ0v) is 18.6. The van der Waals surface area contributed by atoms with E-state index in [-0.39, 0.29) is 35.2 Å². The van der Waals surface area contributed by atoms with E-state index in [1.54, 1.807) is 29.2 Å². The molecule has 2 amide bonds. The second kappa shape index (κ2) is 8.89. The molecule has 0 unspecified atom stereocenters. The van der Waals surface area contributed by atoms with Gasteiger partial charge in [0, 0.05) is 37.7 Å². The number of hydrogen-bond acceptors (Lipinski definition) is 4. The Bertz CT molecular complexity index is 1380. The van der Waals surface area contributed by atoms with Crippen LogP contribution in [0.4, 0.5) is 4.39 Å². The van der Waals surface area contributed by atoms with E-state index in [9.17, 15) is 23.6 Å². The van der Waals surface area contributed by atoms with Crippen LogP contribution in [0.5, 0.6) is 0 Å².